The average Bonchev–Trinajstić information content (AvgIpc) is 2.72. The van der Waals surface area contributed by atoms with Crippen LogP contribution in [0, 0.1) is 5.92 Å². The molecule has 1 atom stereocenters. The SMILES string of the molecule is CC(CN)CN1CCCN(C(=O)c2c[nH]ccc2=O)CC1. The van der Waals surface area contributed by atoms with Crippen molar-refractivity contribution in [2.75, 3.05) is 39.3 Å². The van der Waals surface area contributed by atoms with Gasteiger partial charge in [0.25, 0.3) is 5.91 Å². The van der Waals surface area contributed by atoms with Crippen LogP contribution in [0.25, 0.3) is 0 Å². The second-order valence-corrected chi connectivity index (χ2v) is 5.71. The molecule has 1 aromatic rings. The van der Waals surface area contributed by atoms with E-state index in [1.807, 2.05) is 0 Å². The normalized spacial score (nSPS) is 18.3. The fourth-order valence-corrected chi connectivity index (χ4v) is 2.63. The molecule has 1 amide bonds. The minimum atomic E-state index is -0.225. The maximum absolute atomic E-state index is 12.4. The van der Waals surface area contributed by atoms with Crippen molar-refractivity contribution in [3.8, 4) is 0 Å². The summed E-state index contributed by atoms with van der Waals surface area (Å²) in [4.78, 5) is 31.1. The number of amides is 1. The van der Waals surface area contributed by atoms with Crippen molar-refractivity contribution in [3.05, 3.63) is 34.2 Å². The van der Waals surface area contributed by atoms with Crippen LogP contribution in [0.2, 0.25) is 0 Å². The average molecular weight is 292 g/mol. The lowest BCUT2D eigenvalue weighted by atomic mass is 10.1. The van der Waals surface area contributed by atoms with E-state index < -0.39 is 0 Å². The standard InChI is InChI=1S/C15H24N4O2/c1-12(9-16)11-18-5-2-6-19(8-7-18)15(21)13-10-17-4-3-14(13)20/h3-4,10,12H,2,5-9,11,16H2,1H3,(H,17,20). The van der Waals surface area contributed by atoms with Crippen molar-refractivity contribution >= 4 is 5.91 Å². The van der Waals surface area contributed by atoms with Gasteiger partial charge in [-0.05, 0) is 25.4 Å². The van der Waals surface area contributed by atoms with Crippen LogP contribution < -0.4 is 11.2 Å². The summed E-state index contributed by atoms with van der Waals surface area (Å²) in [6.07, 6.45) is 3.95. The van der Waals surface area contributed by atoms with Crippen molar-refractivity contribution < 1.29 is 4.79 Å². The van der Waals surface area contributed by atoms with Crippen LogP contribution in [0.5, 0.6) is 0 Å². The monoisotopic (exact) mass is 292 g/mol. The molecular formula is C15H24N4O2. The van der Waals surface area contributed by atoms with E-state index in [4.69, 9.17) is 5.73 Å². The van der Waals surface area contributed by atoms with E-state index in [0.717, 1.165) is 26.1 Å². The molecule has 6 nitrogen and oxygen atoms in total. The Balaban J connectivity index is 1.98. The van der Waals surface area contributed by atoms with Gasteiger partial charge >= 0.3 is 0 Å². The molecule has 0 spiro atoms. The van der Waals surface area contributed by atoms with Crippen LogP contribution in [0.4, 0.5) is 0 Å². The molecule has 1 fully saturated rings. The van der Waals surface area contributed by atoms with Crippen LogP contribution >= 0.6 is 0 Å². The molecular weight excluding hydrogens is 268 g/mol. The number of carbonyl (C=O) groups excluding carboxylic acids is 1. The smallest absolute Gasteiger partial charge is 0.259 e. The molecule has 0 aromatic carbocycles. The number of nitrogens with two attached hydrogens (primary N) is 1. The van der Waals surface area contributed by atoms with Gasteiger partial charge in [-0.2, -0.15) is 0 Å². The summed E-state index contributed by atoms with van der Waals surface area (Å²) >= 11 is 0. The van der Waals surface area contributed by atoms with Gasteiger partial charge in [0, 0.05) is 44.6 Å². The number of rotatable bonds is 4. The molecule has 116 valence electrons. The highest BCUT2D eigenvalue weighted by atomic mass is 16.2. The second kappa shape index (κ2) is 7.38. The Morgan fingerprint density at radius 2 is 2.19 bits per heavy atom. The van der Waals surface area contributed by atoms with Crippen molar-refractivity contribution in [2.24, 2.45) is 11.7 Å². The first kappa shape index (κ1) is 15.7. The predicted molar refractivity (Wildman–Crippen MR) is 82.2 cm³/mol. The highest BCUT2D eigenvalue weighted by Crippen LogP contribution is 2.08. The van der Waals surface area contributed by atoms with Gasteiger partial charge in [0.15, 0.2) is 5.43 Å². The zero-order valence-electron chi connectivity index (χ0n) is 12.5. The lowest BCUT2D eigenvalue weighted by Gasteiger charge is -2.24. The molecule has 21 heavy (non-hydrogen) atoms. The number of nitrogens with zero attached hydrogens (tertiary/aromatic N) is 2. The molecule has 0 aliphatic carbocycles. The van der Waals surface area contributed by atoms with Gasteiger partial charge in [-0.1, -0.05) is 6.92 Å². The first-order valence-electron chi connectivity index (χ1n) is 7.50. The summed E-state index contributed by atoms with van der Waals surface area (Å²) in [7, 11) is 0. The molecule has 0 bridgehead atoms. The first-order valence-corrected chi connectivity index (χ1v) is 7.50. The van der Waals surface area contributed by atoms with Gasteiger partial charge in [-0.25, -0.2) is 0 Å². The Bertz CT molecular complexity index is 528. The van der Waals surface area contributed by atoms with Gasteiger partial charge in [0.2, 0.25) is 0 Å². The van der Waals surface area contributed by atoms with E-state index in [0.29, 0.717) is 25.6 Å². The Labute approximate surface area is 124 Å². The number of hydrogen-bond acceptors (Lipinski definition) is 4. The van der Waals surface area contributed by atoms with Crippen molar-refractivity contribution in [3.63, 3.8) is 0 Å². The summed E-state index contributed by atoms with van der Waals surface area (Å²) in [5, 5.41) is 0. The summed E-state index contributed by atoms with van der Waals surface area (Å²) in [6.45, 7) is 6.94. The number of pyridine rings is 1. The quantitative estimate of drug-likeness (QED) is 0.825. The van der Waals surface area contributed by atoms with Gasteiger partial charge in [-0.15, -0.1) is 0 Å². The Hall–Kier alpha value is -1.66. The summed E-state index contributed by atoms with van der Waals surface area (Å²) in [5.74, 6) is 0.287. The van der Waals surface area contributed by atoms with E-state index in [2.05, 4.69) is 16.8 Å². The fraction of sp³-hybridized carbons (Fsp3) is 0.600. The maximum atomic E-state index is 12.4. The number of H-pyrrole nitrogens is 1. The van der Waals surface area contributed by atoms with Crippen LogP contribution in [-0.4, -0.2) is 60.0 Å². The van der Waals surface area contributed by atoms with E-state index in [-0.39, 0.29) is 16.9 Å². The second-order valence-electron chi connectivity index (χ2n) is 5.71. The number of aromatic nitrogens is 1. The van der Waals surface area contributed by atoms with Crippen LogP contribution in [-0.2, 0) is 0 Å². The molecule has 1 aliphatic rings. The molecule has 2 rings (SSSR count). The first-order chi connectivity index (χ1) is 10.1. The van der Waals surface area contributed by atoms with E-state index in [9.17, 15) is 9.59 Å². The van der Waals surface area contributed by atoms with Gasteiger partial charge in [0.05, 0.1) is 0 Å². The van der Waals surface area contributed by atoms with Crippen LogP contribution in [0.15, 0.2) is 23.3 Å². The number of aromatic amines is 1. The largest absolute Gasteiger partial charge is 0.367 e. The highest BCUT2D eigenvalue weighted by Gasteiger charge is 2.22. The zero-order valence-corrected chi connectivity index (χ0v) is 12.5. The van der Waals surface area contributed by atoms with E-state index >= 15 is 0 Å². The molecule has 3 N–H and O–H groups in total. The van der Waals surface area contributed by atoms with Gasteiger partial charge in [-0.3, -0.25) is 9.59 Å². The highest BCUT2D eigenvalue weighted by molar-refractivity contribution is 5.93. The van der Waals surface area contributed by atoms with Crippen LogP contribution in [0.3, 0.4) is 0 Å². The minimum absolute atomic E-state index is 0.175. The minimum Gasteiger partial charge on any atom is -0.367 e. The van der Waals surface area contributed by atoms with Crippen molar-refractivity contribution in [2.45, 2.75) is 13.3 Å². The summed E-state index contributed by atoms with van der Waals surface area (Å²) in [5.41, 5.74) is 5.67. The number of carbonyl (C=O) groups is 1. The third kappa shape index (κ3) is 4.15. The molecule has 6 heteroatoms. The molecule has 2 heterocycles. The Morgan fingerprint density at radius 3 is 2.90 bits per heavy atom. The zero-order chi connectivity index (χ0) is 15.2. The third-order valence-electron chi connectivity index (χ3n) is 3.90. The lowest BCUT2D eigenvalue weighted by molar-refractivity contribution is 0.0759. The third-order valence-corrected chi connectivity index (χ3v) is 3.90. The van der Waals surface area contributed by atoms with Crippen molar-refractivity contribution in [1.29, 1.82) is 0 Å². The van der Waals surface area contributed by atoms with E-state index in [1.54, 1.807) is 4.90 Å². The lowest BCUT2D eigenvalue weighted by Crippen LogP contribution is -2.38. The van der Waals surface area contributed by atoms with Gasteiger partial charge < -0.3 is 20.5 Å². The maximum Gasteiger partial charge on any atom is 0.259 e. The molecule has 1 aliphatic heterocycles. The molecule has 1 aromatic heterocycles. The topological polar surface area (TPSA) is 82.4 Å². The van der Waals surface area contributed by atoms with E-state index in [1.165, 1.54) is 18.5 Å². The Kier molecular flexibility index (Phi) is 5.52. The van der Waals surface area contributed by atoms with Crippen LogP contribution in [0.1, 0.15) is 23.7 Å². The molecule has 0 radical (unpaired) electrons. The molecule has 1 unspecified atom stereocenters. The Morgan fingerprint density at radius 1 is 1.38 bits per heavy atom. The summed E-state index contributed by atoms with van der Waals surface area (Å²) < 4.78 is 0. The van der Waals surface area contributed by atoms with Crippen molar-refractivity contribution in [1.82, 2.24) is 14.8 Å². The summed E-state index contributed by atoms with van der Waals surface area (Å²) in [6, 6.07) is 1.39. The number of hydrogen-bond donors (Lipinski definition) is 2. The molecule has 1 saturated heterocycles. The fourth-order valence-electron chi connectivity index (χ4n) is 2.63. The predicted octanol–water partition coefficient (Wildman–Crippen LogP) is 0.118. The van der Waals surface area contributed by atoms with Gasteiger partial charge in [0.1, 0.15) is 5.56 Å². The number of nitrogens with one attached hydrogen (secondary N) is 1. The molecule has 0 saturated carbocycles.